The molecule has 0 saturated heterocycles. The summed E-state index contributed by atoms with van der Waals surface area (Å²) in [5.41, 5.74) is 7.00. The average molecular weight is 325 g/mol. The molecule has 0 aliphatic carbocycles. The summed E-state index contributed by atoms with van der Waals surface area (Å²) < 4.78 is 0. The van der Waals surface area contributed by atoms with Crippen LogP contribution in [0, 0.1) is 0 Å². The number of nitrogens with one attached hydrogen (secondary N) is 1. The number of rotatable bonds is 2. The van der Waals surface area contributed by atoms with Crippen LogP contribution in [0.25, 0.3) is 38.6 Å². The second-order valence-electron chi connectivity index (χ2n) is 6.10. The van der Waals surface area contributed by atoms with E-state index in [1.807, 2.05) is 49.6 Å². The van der Waals surface area contributed by atoms with E-state index in [0.29, 0.717) is 0 Å². The number of allylic oxidation sites excluding steroid dienone is 1. The van der Waals surface area contributed by atoms with Crippen molar-refractivity contribution in [2.24, 2.45) is 4.99 Å². The first kappa shape index (κ1) is 14.0. The largest absolute Gasteiger partial charge is 0.285 e. The topological polar surface area (TPSA) is 66.8 Å². The molecule has 5 rings (SSSR count). The molecule has 1 aliphatic heterocycles. The van der Waals surface area contributed by atoms with Crippen molar-refractivity contribution in [3.8, 4) is 11.3 Å². The lowest BCUT2D eigenvalue weighted by Crippen LogP contribution is -1.98. The molecular weight excluding hydrogens is 310 g/mol. The van der Waals surface area contributed by atoms with Gasteiger partial charge >= 0.3 is 0 Å². The summed E-state index contributed by atoms with van der Waals surface area (Å²) >= 11 is 0. The van der Waals surface area contributed by atoms with Crippen LogP contribution in [0.4, 0.5) is 0 Å². The van der Waals surface area contributed by atoms with E-state index in [4.69, 9.17) is 4.98 Å². The zero-order chi connectivity index (χ0) is 16.8. The Kier molecular flexibility index (Phi) is 3.00. The molecule has 1 aromatic carbocycles. The Hall–Kier alpha value is -3.34. The summed E-state index contributed by atoms with van der Waals surface area (Å²) in [5, 5.41) is 9.36. The molecule has 3 aromatic heterocycles. The monoisotopic (exact) mass is 325 g/mol. The highest BCUT2D eigenvalue weighted by atomic mass is 15.1. The van der Waals surface area contributed by atoms with E-state index >= 15 is 0 Å². The van der Waals surface area contributed by atoms with E-state index in [-0.39, 0.29) is 0 Å². The molecular formula is C20H15N5. The molecule has 1 aliphatic rings. The van der Waals surface area contributed by atoms with Crippen molar-refractivity contribution >= 4 is 33.1 Å². The smallest absolute Gasteiger partial charge is 0.0732 e. The fourth-order valence-electron chi connectivity index (χ4n) is 3.41. The molecule has 0 fully saturated rings. The van der Waals surface area contributed by atoms with Crippen LogP contribution in [0.2, 0.25) is 0 Å². The van der Waals surface area contributed by atoms with Gasteiger partial charge in [-0.1, -0.05) is 12.1 Å². The van der Waals surface area contributed by atoms with Crippen LogP contribution in [0.15, 0.2) is 59.9 Å². The second kappa shape index (κ2) is 5.34. The fourth-order valence-corrected chi connectivity index (χ4v) is 3.41. The van der Waals surface area contributed by atoms with Crippen LogP contribution in [0.3, 0.4) is 0 Å². The lowest BCUT2D eigenvalue weighted by molar-refractivity contribution is 1.12. The van der Waals surface area contributed by atoms with E-state index < -0.39 is 0 Å². The van der Waals surface area contributed by atoms with Crippen molar-refractivity contribution in [3.63, 3.8) is 0 Å². The SMILES string of the molecule is CC1=NCC=C1c1cc(-c2ccccn2)c2c(ccc3[nH]ncc32)n1. The van der Waals surface area contributed by atoms with E-state index in [1.54, 1.807) is 0 Å². The van der Waals surface area contributed by atoms with E-state index in [2.05, 4.69) is 32.3 Å². The molecule has 0 saturated carbocycles. The van der Waals surface area contributed by atoms with Crippen LogP contribution < -0.4 is 0 Å². The summed E-state index contributed by atoms with van der Waals surface area (Å²) in [4.78, 5) is 13.9. The third-order valence-electron chi connectivity index (χ3n) is 4.62. The number of aliphatic imine (C=N–C) groups is 1. The van der Waals surface area contributed by atoms with Crippen molar-refractivity contribution < 1.29 is 0 Å². The number of hydrogen-bond acceptors (Lipinski definition) is 4. The first-order chi connectivity index (χ1) is 12.3. The quantitative estimate of drug-likeness (QED) is 0.605. The van der Waals surface area contributed by atoms with Gasteiger partial charge in [0.25, 0.3) is 0 Å². The Balaban J connectivity index is 1.89. The highest BCUT2D eigenvalue weighted by Crippen LogP contribution is 2.34. The Bertz CT molecular complexity index is 1170. The first-order valence-electron chi connectivity index (χ1n) is 8.21. The molecule has 120 valence electrons. The summed E-state index contributed by atoms with van der Waals surface area (Å²) in [6.45, 7) is 2.75. The van der Waals surface area contributed by atoms with Crippen molar-refractivity contribution in [1.29, 1.82) is 0 Å². The maximum absolute atomic E-state index is 4.90. The maximum Gasteiger partial charge on any atom is 0.0732 e. The Morgan fingerprint density at radius 3 is 2.84 bits per heavy atom. The van der Waals surface area contributed by atoms with E-state index in [0.717, 1.165) is 56.6 Å². The van der Waals surface area contributed by atoms with Gasteiger partial charge in [-0.2, -0.15) is 5.10 Å². The van der Waals surface area contributed by atoms with E-state index in [1.165, 1.54) is 0 Å². The molecule has 0 atom stereocenters. The third-order valence-corrected chi connectivity index (χ3v) is 4.62. The predicted molar refractivity (Wildman–Crippen MR) is 101 cm³/mol. The molecule has 4 aromatic rings. The van der Waals surface area contributed by atoms with Gasteiger partial charge in [0.05, 0.1) is 35.2 Å². The van der Waals surface area contributed by atoms with E-state index in [9.17, 15) is 0 Å². The number of hydrogen-bond donors (Lipinski definition) is 1. The molecule has 0 bridgehead atoms. The number of nitrogens with zero attached hydrogens (tertiary/aromatic N) is 4. The van der Waals surface area contributed by atoms with Crippen LogP contribution in [-0.2, 0) is 0 Å². The number of pyridine rings is 2. The van der Waals surface area contributed by atoms with Gasteiger partial charge in [-0.05, 0) is 37.3 Å². The Labute approximate surface area is 144 Å². The van der Waals surface area contributed by atoms with Crippen LogP contribution >= 0.6 is 0 Å². The molecule has 0 spiro atoms. The van der Waals surface area contributed by atoms with Crippen LogP contribution in [0.1, 0.15) is 12.6 Å². The van der Waals surface area contributed by atoms with Crippen LogP contribution in [-0.4, -0.2) is 32.4 Å². The molecule has 25 heavy (non-hydrogen) atoms. The Morgan fingerprint density at radius 2 is 2.04 bits per heavy atom. The highest BCUT2D eigenvalue weighted by Gasteiger charge is 2.17. The molecule has 0 unspecified atom stereocenters. The normalized spacial score (nSPS) is 14.1. The molecule has 0 amide bonds. The molecule has 1 N–H and O–H groups in total. The summed E-state index contributed by atoms with van der Waals surface area (Å²) in [6.07, 6.45) is 5.80. The lowest BCUT2D eigenvalue weighted by atomic mass is 9.98. The van der Waals surface area contributed by atoms with Crippen molar-refractivity contribution in [3.05, 3.63) is 60.6 Å². The summed E-state index contributed by atoms with van der Waals surface area (Å²) in [7, 11) is 0. The number of aromatic nitrogens is 4. The first-order valence-corrected chi connectivity index (χ1v) is 8.21. The summed E-state index contributed by atoms with van der Waals surface area (Å²) in [6, 6.07) is 12.1. The van der Waals surface area contributed by atoms with Crippen LogP contribution in [0.5, 0.6) is 0 Å². The molecule has 0 radical (unpaired) electrons. The zero-order valence-corrected chi connectivity index (χ0v) is 13.7. The fraction of sp³-hybridized carbons (Fsp3) is 0.100. The number of benzene rings is 1. The number of fused-ring (bicyclic) bond motifs is 3. The Morgan fingerprint density at radius 1 is 1.08 bits per heavy atom. The number of H-pyrrole nitrogens is 1. The minimum Gasteiger partial charge on any atom is -0.285 e. The molecule has 5 heteroatoms. The molecule has 5 nitrogen and oxygen atoms in total. The van der Waals surface area contributed by atoms with Gasteiger partial charge in [-0.25, -0.2) is 4.98 Å². The van der Waals surface area contributed by atoms with Gasteiger partial charge in [0.1, 0.15) is 0 Å². The highest BCUT2D eigenvalue weighted by molar-refractivity contribution is 6.24. The van der Waals surface area contributed by atoms with Crippen molar-refractivity contribution in [1.82, 2.24) is 20.2 Å². The van der Waals surface area contributed by atoms with Gasteiger partial charge < -0.3 is 0 Å². The second-order valence-corrected chi connectivity index (χ2v) is 6.10. The third kappa shape index (κ3) is 2.16. The summed E-state index contributed by atoms with van der Waals surface area (Å²) in [5.74, 6) is 0. The lowest BCUT2D eigenvalue weighted by Gasteiger charge is -2.11. The minimum absolute atomic E-state index is 0.723. The standard InChI is InChI=1S/C20H15N5/c1-12-13(7-9-21-12)19-10-14(16-4-2-3-8-22-16)20-15-11-23-25-17(15)5-6-18(20)24-19/h2-8,10-11H,9H2,1H3,(H,23,25). The molecule has 4 heterocycles. The van der Waals surface area contributed by atoms with Gasteiger partial charge in [0, 0.05) is 33.8 Å². The van der Waals surface area contributed by atoms with Gasteiger partial charge in [-0.3, -0.25) is 15.1 Å². The zero-order valence-electron chi connectivity index (χ0n) is 13.7. The van der Waals surface area contributed by atoms with Gasteiger partial charge in [0.15, 0.2) is 0 Å². The van der Waals surface area contributed by atoms with Gasteiger partial charge in [-0.15, -0.1) is 0 Å². The van der Waals surface area contributed by atoms with Gasteiger partial charge in [0.2, 0.25) is 0 Å². The average Bonchev–Trinajstić information content (AvgIpc) is 3.30. The van der Waals surface area contributed by atoms with Crippen molar-refractivity contribution in [2.75, 3.05) is 6.54 Å². The number of aromatic amines is 1. The van der Waals surface area contributed by atoms with Crippen molar-refractivity contribution in [2.45, 2.75) is 6.92 Å². The predicted octanol–water partition coefficient (Wildman–Crippen LogP) is 4.03. The minimum atomic E-state index is 0.723. The maximum atomic E-state index is 4.90.